The molecule has 25 heavy (non-hydrogen) atoms. The molecule has 0 atom stereocenters. The number of nitrogens with one attached hydrogen (secondary N) is 1. The second-order valence-electron chi connectivity index (χ2n) is 6.28. The first-order valence-corrected chi connectivity index (χ1v) is 9.48. The number of nitrogens with zero attached hydrogens (tertiary/aromatic N) is 3. The van der Waals surface area contributed by atoms with Gasteiger partial charge in [0.2, 0.25) is 11.1 Å². The second-order valence-corrected chi connectivity index (χ2v) is 7.22. The molecule has 0 bridgehead atoms. The maximum atomic E-state index is 13.0. The van der Waals surface area contributed by atoms with Crippen molar-refractivity contribution in [3.05, 3.63) is 30.1 Å². The van der Waals surface area contributed by atoms with Crippen molar-refractivity contribution in [2.24, 2.45) is 5.92 Å². The van der Waals surface area contributed by atoms with E-state index in [-0.39, 0.29) is 17.5 Å². The zero-order valence-electron chi connectivity index (χ0n) is 13.9. The van der Waals surface area contributed by atoms with Gasteiger partial charge >= 0.3 is 0 Å². The lowest BCUT2D eigenvalue weighted by atomic mass is 9.89. The Balaban J connectivity index is 1.51. The topological polar surface area (TPSA) is 85.8 Å². The summed E-state index contributed by atoms with van der Waals surface area (Å²) in [6, 6.07) is 5.87. The van der Waals surface area contributed by atoms with Gasteiger partial charge in [0.1, 0.15) is 5.82 Å². The lowest BCUT2D eigenvalue weighted by Gasteiger charge is -2.21. The Hall–Kier alpha value is -2.09. The van der Waals surface area contributed by atoms with Crippen LogP contribution in [0.4, 0.5) is 4.39 Å². The van der Waals surface area contributed by atoms with Gasteiger partial charge in [-0.1, -0.05) is 31.0 Å². The summed E-state index contributed by atoms with van der Waals surface area (Å²) in [6.45, 7) is 0.746. The van der Waals surface area contributed by atoms with Crippen LogP contribution in [-0.4, -0.2) is 33.1 Å². The van der Waals surface area contributed by atoms with Crippen LogP contribution in [0, 0.1) is 11.7 Å². The molecule has 0 spiro atoms. The molecule has 1 amide bonds. The average molecular weight is 363 g/mol. The van der Waals surface area contributed by atoms with Crippen LogP contribution in [0.2, 0.25) is 0 Å². The number of hydrogen-bond donors (Lipinski definition) is 2. The molecule has 0 unspecified atom stereocenters. The highest BCUT2D eigenvalue weighted by Crippen LogP contribution is 2.23. The summed E-state index contributed by atoms with van der Waals surface area (Å²) in [4.78, 5) is 12.0. The van der Waals surface area contributed by atoms with E-state index in [2.05, 4.69) is 15.5 Å². The summed E-state index contributed by atoms with van der Waals surface area (Å²) in [7, 11) is 0. The van der Waals surface area contributed by atoms with Gasteiger partial charge in [0.25, 0.3) is 0 Å². The number of thioether (sulfide) groups is 1. The minimum atomic E-state index is -0.323. The van der Waals surface area contributed by atoms with Crippen LogP contribution in [0.25, 0.3) is 11.4 Å². The molecule has 0 aliphatic heterocycles. The summed E-state index contributed by atoms with van der Waals surface area (Å²) in [5, 5.41) is 11.5. The molecule has 0 radical (unpaired) electrons. The van der Waals surface area contributed by atoms with Crippen LogP contribution >= 0.6 is 11.8 Å². The maximum Gasteiger partial charge on any atom is 0.230 e. The number of carbonyl (C=O) groups is 1. The lowest BCUT2D eigenvalue weighted by molar-refractivity contribution is -0.118. The predicted octanol–water partition coefficient (Wildman–Crippen LogP) is 2.59. The molecule has 1 saturated carbocycles. The average Bonchev–Trinajstić information content (AvgIpc) is 3.00. The van der Waals surface area contributed by atoms with E-state index < -0.39 is 0 Å². The van der Waals surface area contributed by atoms with Crippen molar-refractivity contribution in [1.29, 1.82) is 0 Å². The quantitative estimate of drug-likeness (QED) is 0.609. The highest BCUT2D eigenvalue weighted by molar-refractivity contribution is 7.99. The van der Waals surface area contributed by atoms with E-state index in [4.69, 9.17) is 5.84 Å². The van der Waals surface area contributed by atoms with Gasteiger partial charge in [0, 0.05) is 12.1 Å². The Kier molecular flexibility index (Phi) is 5.91. The molecule has 1 aliphatic carbocycles. The van der Waals surface area contributed by atoms with Crippen molar-refractivity contribution in [2.75, 3.05) is 18.1 Å². The zero-order chi connectivity index (χ0) is 17.6. The number of aromatic nitrogens is 3. The molecule has 3 N–H and O–H groups in total. The summed E-state index contributed by atoms with van der Waals surface area (Å²) in [5.74, 6) is 6.93. The summed E-state index contributed by atoms with van der Waals surface area (Å²) >= 11 is 1.24. The minimum absolute atomic E-state index is 0.0260. The monoisotopic (exact) mass is 363 g/mol. The van der Waals surface area contributed by atoms with E-state index in [1.54, 1.807) is 12.1 Å². The van der Waals surface area contributed by atoms with Gasteiger partial charge < -0.3 is 11.2 Å². The second kappa shape index (κ2) is 8.33. The number of halogens is 1. The smallest absolute Gasteiger partial charge is 0.230 e. The fourth-order valence-corrected chi connectivity index (χ4v) is 3.69. The molecule has 1 aromatic heterocycles. The van der Waals surface area contributed by atoms with Crippen LogP contribution in [0.1, 0.15) is 32.1 Å². The molecular formula is C17H22FN5OS. The largest absolute Gasteiger partial charge is 0.355 e. The molecular weight excluding hydrogens is 341 g/mol. The zero-order valence-corrected chi connectivity index (χ0v) is 14.8. The van der Waals surface area contributed by atoms with E-state index >= 15 is 0 Å². The number of hydrogen-bond acceptors (Lipinski definition) is 5. The molecule has 6 nitrogen and oxygen atoms in total. The van der Waals surface area contributed by atoms with E-state index in [9.17, 15) is 9.18 Å². The highest BCUT2D eigenvalue weighted by atomic mass is 32.2. The first-order valence-electron chi connectivity index (χ1n) is 8.49. The molecule has 3 rings (SSSR count). The van der Waals surface area contributed by atoms with Crippen molar-refractivity contribution < 1.29 is 9.18 Å². The fraction of sp³-hybridized carbons (Fsp3) is 0.471. The number of carbonyl (C=O) groups excluding carboxylic acids is 1. The third-order valence-electron chi connectivity index (χ3n) is 4.41. The summed E-state index contributed by atoms with van der Waals surface area (Å²) in [5.41, 5.74) is 0.671. The molecule has 1 aromatic carbocycles. The van der Waals surface area contributed by atoms with Crippen LogP contribution in [-0.2, 0) is 4.79 Å². The summed E-state index contributed by atoms with van der Waals surface area (Å²) < 4.78 is 14.3. The number of nitrogen functional groups attached to an aromatic ring is 1. The lowest BCUT2D eigenvalue weighted by Crippen LogP contribution is -2.31. The molecule has 134 valence electrons. The van der Waals surface area contributed by atoms with Crippen LogP contribution in [0.3, 0.4) is 0 Å². The van der Waals surface area contributed by atoms with Gasteiger partial charge in [0.15, 0.2) is 5.82 Å². The van der Waals surface area contributed by atoms with Crippen LogP contribution in [0.15, 0.2) is 29.4 Å². The Morgan fingerprint density at radius 2 is 1.96 bits per heavy atom. The molecule has 8 heteroatoms. The van der Waals surface area contributed by atoms with Crippen molar-refractivity contribution in [1.82, 2.24) is 20.2 Å². The molecule has 1 fully saturated rings. The minimum Gasteiger partial charge on any atom is -0.355 e. The van der Waals surface area contributed by atoms with E-state index in [0.29, 0.717) is 22.5 Å². The third-order valence-corrected chi connectivity index (χ3v) is 5.36. The molecule has 2 aromatic rings. The van der Waals surface area contributed by atoms with Gasteiger partial charge in [-0.3, -0.25) is 4.79 Å². The normalized spacial score (nSPS) is 15.2. The Bertz CT molecular complexity index is 712. The number of benzene rings is 1. The van der Waals surface area contributed by atoms with Gasteiger partial charge in [-0.2, -0.15) is 0 Å². The van der Waals surface area contributed by atoms with Gasteiger partial charge in [-0.25, -0.2) is 9.07 Å². The van der Waals surface area contributed by atoms with Gasteiger partial charge in [-0.05, 0) is 43.0 Å². The maximum absolute atomic E-state index is 13.0. The highest BCUT2D eigenvalue weighted by Gasteiger charge is 2.16. The van der Waals surface area contributed by atoms with Gasteiger partial charge in [-0.15, -0.1) is 10.2 Å². The van der Waals surface area contributed by atoms with Gasteiger partial charge in [0.05, 0.1) is 5.75 Å². The Labute approximate surface area is 150 Å². The van der Waals surface area contributed by atoms with E-state index in [0.717, 1.165) is 6.54 Å². The van der Waals surface area contributed by atoms with Crippen molar-refractivity contribution in [3.8, 4) is 11.4 Å². The SMILES string of the molecule is Nn1c(SCC(=O)NCC2CCCCC2)nnc1-c1ccc(F)cc1. The van der Waals surface area contributed by atoms with Crippen molar-refractivity contribution in [3.63, 3.8) is 0 Å². The Morgan fingerprint density at radius 1 is 1.24 bits per heavy atom. The summed E-state index contributed by atoms with van der Waals surface area (Å²) in [6.07, 6.45) is 6.23. The molecule has 0 saturated heterocycles. The first kappa shape index (κ1) is 17.7. The molecule has 1 aliphatic rings. The number of nitrogens with two attached hydrogens (primary N) is 1. The fourth-order valence-electron chi connectivity index (χ4n) is 3.00. The van der Waals surface area contributed by atoms with Crippen LogP contribution in [0.5, 0.6) is 0 Å². The van der Waals surface area contributed by atoms with E-state index in [1.165, 1.54) is 60.7 Å². The van der Waals surface area contributed by atoms with Crippen LogP contribution < -0.4 is 11.2 Å². The first-order chi connectivity index (χ1) is 12.1. The number of amides is 1. The number of rotatable bonds is 6. The van der Waals surface area contributed by atoms with Crippen molar-refractivity contribution in [2.45, 2.75) is 37.3 Å². The third kappa shape index (κ3) is 4.72. The van der Waals surface area contributed by atoms with Crippen molar-refractivity contribution >= 4 is 17.7 Å². The van der Waals surface area contributed by atoms with E-state index in [1.807, 2.05) is 0 Å². The molecule has 1 heterocycles. The standard InChI is InChI=1S/C17H22FN5OS/c18-14-8-6-13(7-9-14)16-21-22-17(23(16)19)25-11-15(24)20-10-12-4-2-1-3-5-12/h6-9,12H,1-5,10-11,19H2,(H,20,24). The predicted molar refractivity (Wildman–Crippen MR) is 95.9 cm³/mol. The Morgan fingerprint density at radius 3 is 2.68 bits per heavy atom.